The summed E-state index contributed by atoms with van der Waals surface area (Å²) >= 11 is 0. The second-order valence-electron chi connectivity index (χ2n) is 8.15. The van der Waals surface area contributed by atoms with Crippen LogP contribution in [0, 0.1) is 0 Å². The second kappa shape index (κ2) is 8.68. The molecule has 0 amide bonds. The summed E-state index contributed by atoms with van der Waals surface area (Å²) in [6, 6.07) is 9.50. The van der Waals surface area contributed by atoms with Crippen LogP contribution in [0.3, 0.4) is 0 Å². The van der Waals surface area contributed by atoms with Crippen LogP contribution in [0.5, 0.6) is 0 Å². The van der Waals surface area contributed by atoms with Gasteiger partial charge < -0.3 is 0 Å². The van der Waals surface area contributed by atoms with Crippen molar-refractivity contribution in [3.05, 3.63) is 48.1 Å². The van der Waals surface area contributed by atoms with E-state index in [-0.39, 0.29) is 7.92 Å². The third-order valence-corrected chi connectivity index (χ3v) is 9.98. The van der Waals surface area contributed by atoms with Crippen molar-refractivity contribution in [2.75, 3.05) is 0 Å². The molecule has 0 bridgehead atoms. The molecular formula is C24H33P. The lowest BCUT2D eigenvalue weighted by atomic mass is 9.99. The van der Waals surface area contributed by atoms with Crippen LogP contribution in [-0.2, 0) is 0 Å². The summed E-state index contributed by atoms with van der Waals surface area (Å²) in [7, 11) is -0.0124. The number of benzene rings is 1. The van der Waals surface area contributed by atoms with Gasteiger partial charge in [-0.3, -0.25) is 0 Å². The molecule has 0 radical (unpaired) electrons. The van der Waals surface area contributed by atoms with Gasteiger partial charge in [-0.25, -0.2) is 0 Å². The Bertz CT molecular complexity index is 597. The van der Waals surface area contributed by atoms with Crippen LogP contribution in [0.15, 0.2) is 42.5 Å². The first-order valence-electron chi connectivity index (χ1n) is 10.7. The van der Waals surface area contributed by atoms with Crippen molar-refractivity contribution < 1.29 is 0 Å². The Morgan fingerprint density at radius 3 is 1.96 bits per heavy atom. The van der Waals surface area contributed by atoms with Gasteiger partial charge in [0.15, 0.2) is 0 Å². The van der Waals surface area contributed by atoms with Gasteiger partial charge in [-0.2, -0.15) is 0 Å². The molecule has 2 fully saturated rings. The van der Waals surface area contributed by atoms with Gasteiger partial charge in [0.05, 0.1) is 0 Å². The number of hydrogen-bond donors (Lipinski definition) is 0. The van der Waals surface area contributed by atoms with Crippen LogP contribution in [0.25, 0.3) is 5.57 Å². The molecule has 0 atom stereocenters. The third-order valence-electron chi connectivity index (χ3n) is 6.42. The van der Waals surface area contributed by atoms with Crippen molar-refractivity contribution in [1.82, 2.24) is 0 Å². The van der Waals surface area contributed by atoms with E-state index in [0.29, 0.717) is 0 Å². The lowest BCUT2D eigenvalue weighted by Crippen LogP contribution is -2.27. The normalized spacial score (nSPS) is 23.0. The van der Waals surface area contributed by atoms with Gasteiger partial charge in [0.2, 0.25) is 0 Å². The third kappa shape index (κ3) is 4.11. The highest BCUT2D eigenvalue weighted by Gasteiger charge is 2.33. The Labute approximate surface area is 155 Å². The molecule has 0 nitrogen and oxygen atoms in total. The molecule has 3 aliphatic carbocycles. The maximum atomic E-state index is 2.51. The first kappa shape index (κ1) is 17.5. The summed E-state index contributed by atoms with van der Waals surface area (Å²) in [4.78, 5) is 0. The van der Waals surface area contributed by atoms with Crippen molar-refractivity contribution in [3.8, 4) is 0 Å². The zero-order chi connectivity index (χ0) is 16.9. The Morgan fingerprint density at radius 2 is 1.36 bits per heavy atom. The Kier molecular flexibility index (Phi) is 6.09. The van der Waals surface area contributed by atoms with Crippen LogP contribution >= 0.6 is 7.92 Å². The molecule has 0 unspecified atom stereocenters. The molecule has 1 aromatic carbocycles. The maximum Gasteiger partial charge on any atom is -0.0110 e. The van der Waals surface area contributed by atoms with Crippen molar-refractivity contribution in [2.24, 2.45) is 0 Å². The number of hydrogen-bond acceptors (Lipinski definition) is 0. The minimum absolute atomic E-state index is 0.0124. The van der Waals surface area contributed by atoms with Crippen LogP contribution in [0.4, 0.5) is 0 Å². The zero-order valence-electron chi connectivity index (χ0n) is 15.6. The second-order valence-corrected chi connectivity index (χ2v) is 10.9. The SMILES string of the molecule is C1=CC(c2ccccc2P(C2CCCCC2)C2CCCCC2)=CCC1. The summed E-state index contributed by atoms with van der Waals surface area (Å²) in [5.41, 5.74) is 5.05. The summed E-state index contributed by atoms with van der Waals surface area (Å²) in [5, 5.41) is 1.74. The van der Waals surface area contributed by atoms with E-state index in [9.17, 15) is 0 Å². The van der Waals surface area contributed by atoms with Crippen LogP contribution < -0.4 is 5.30 Å². The topological polar surface area (TPSA) is 0 Å². The first-order valence-corrected chi connectivity index (χ1v) is 12.2. The molecule has 4 rings (SSSR count). The standard InChI is InChI=1S/C24H33P/c1-4-12-20(13-5-1)23-18-10-11-19-24(23)25(21-14-6-2-7-15-21)22-16-8-3-9-17-22/h4,10-13,18-19,21-22H,1-3,5-9,14-17H2. The van der Waals surface area contributed by atoms with Crippen LogP contribution in [-0.4, -0.2) is 11.3 Å². The molecule has 2 saturated carbocycles. The molecule has 0 spiro atoms. The van der Waals surface area contributed by atoms with Gasteiger partial charge in [0, 0.05) is 0 Å². The van der Waals surface area contributed by atoms with Gasteiger partial charge >= 0.3 is 0 Å². The van der Waals surface area contributed by atoms with E-state index in [0.717, 1.165) is 11.3 Å². The van der Waals surface area contributed by atoms with Crippen molar-refractivity contribution in [3.63, 3.8) is 0 Å². The average Bonchev–Trinajstić information content (AvgIpc) is 2.71. The first-order chi connectivity index (χ1) is 12.4. The van der Waals surface area contributed by atoms with Crippen molar-refractivity contribution >= 4 is 18.8 Å². The van der Waals surface area contributed by atoms with E-state index in [2.05, 4.69) is 42.5 Å². The van der Waals surface area contributed by atoms with Gasteiger partial charge in [0.1, 0.15) is 0 Å². The molecule has 1 aromatic rings. The Morgan fingerprint density at radius 1 is 0.720 bits per heavy atom. The Balaban J connectivity index is 1.71. The highest BCUT2D eigenvalue weighted by molar-refractivity contribution is 7.67. The largest absolute Gasteiger partial charge is 0.0836 e. The molecule has 134 valence electrons. The minimum atomic E-state index is -0.0124. The van der Waals surface area contributed by atoms with Gasteiger partial charge in [-0.15, -0.1) is 0 Å². The molecule has 25 heavy (non-hydrogen) atoms. The van der Waals surface area contributed by atoms with E-state index in [1.165, 1.54) is 82.6 Å². The summed E-state index contributed by atoms with van der Waals surface area (Å²) in [6.45, 7) is 0. The summed E-state index contributed by atoms with van der Waals surface area (Å²) < 4.78 is 0. The zero-order valence-corrected chi connectivity index (χ0v) is 16.5. The fourth-order valence-corrected chi connectivity index (χ4v) is 9.13. The van der Waals surface area contributed by atoms with Crippen molar-refractivity contribution in [2.45, 2.75) is 88.4 Å². The van der Waals surface area contributed by atoms with E-state index in [1.807, 2.05) is 0 Å². The molecule has 1 heteroatoms. The lowest BCUT2D eigenvalue weighted by Gasteiger charge is -2.39. The summed E-state index contributed by atoms with van der Waals surface area (Å²) in [6.07, 6.45) is 24.5. The quantitative estimate of drug-likeness (QED) is 0.503. The van der Waals surface area contributed by atoms with Gasteiger partial charge in [-0.1, -0.05) is 88.9 Å². The smallest absolute Gasteiger partial charge is 0.0110 e. The molecule has 0 heterocycles. The monoisotopic (exact) mass is 352 g/mol. The van der Waals surface area contributed by atoms with E-state index in [4.69, 9.17) is 0 Å². The molecule has 0 aromatic heterocycles. The van der Waals surface area contributed by atoms with Crippen LogP contribution in [0.2, 0.25) is 0 Å². The van der Waals surface area contributed by atoms with E-state index in [1.54, 1.807) is 10.9 Å². The molecular weight excluding hydrogens is 319 g/mol. The minimum Gasteiger partial charge on any atom is -0.0836 e. The lowest BCUT2D eigenvalue weighted by molar-refractivity contribution is 0.487. The fourth-order valence-electron chi connectivity index (χ4n) is 5.17. The highest BCUT2D eigenvalue weighted by atomic mass is 31.1. The van der Waals surface area contributed by atoms with Gasteiger partial charge in [0.25, 0.3) is 0 Å². The molecule has 0 aliphatic heterocycles. The number of allylic oxidation sites excluding steroid dienone is 4. The predicted octanol–water partition coefficient (Wildman–Crippen LogP) is 7.19. The van der Waals surface area contributed by atoms with Crippen molar-refractivity contribution in [1.29, 1.82) is 0 Å². The van der Waals surface area contributed by atoms with Gasteiger partial charge in [-0.05, 0) is 66.3 Å². The fraction of sp³-hybridized carbons (Fsp3) is 0.583. The van der Waals surface area contributed by atoms with E-state index >= 15 is 0 Å². The number of rotatable bonds is 4. The maximum absolute atomic E-state index is 2.51. The van der Waals surface area contributed by atoms with E-state index < -0.39 is 0 Å². The molecule has 0 N–H and O–H groups in total. The van der Waals surface area contributed by atoms with Crippen LogP contribution in [0.1, 0.15) is 82.6 Å². The average molecular weight is 353 g/mol. The molecule has 0 saturated heterocycles. The summed E-state index contributed by atoms with van der Waals surface area (Å²) in [5.74, 6) is 0. The highest BCUT2D eigenvalue weighted by Crippen LogP contribution is 2.55. The predicted molar refractivity (Wildman–Crippen MR) is 113 cm³/mol. The Hall–Kier alpha value is -0.870. The molecule has 3 aliphatic rings.